The largest absolute Gasteiger partial charge is 0.378 e. The first-order chi connectivity index (χ1) is 11.7. The third kappa shape index (κ3) is 4.20. The number of nitrogens with zero attached hydrogens (tertiary/aromatic N) is 2. The number of anilines is 2. The van der Waals surface area contributed by atoms with Crippen LogP contribution in [0.25, 0.3) is 6.08 Å². The standard InChI is InChI=1S/C19H21N3O2/c1-15-13-17(22-9-11-24-12-10-22)5-6-18(15)21-19(23)7-4-16-3-2-8-20-14-16/h2-8,13-14H,9-12H2,1H3,(H,21,23). The lowest BCUT2D eigenvalue weighted by molar-refractivity contribution is -0.111. The van der Waals surface area contributed by atoms with Gasteiger partial charge in [-0.2, -0.15) is 0 Å². The van der Waals surface area contributed by atoms with Crippen molar-refractivity contribution in [1.82, 2.24) is 4.98 Å². The van der Waals surface area contributed by atoms with Crippen LogP contribution in [0, 0.1) is 6.92 Å². The smallest absolute Gasteiger partial charge is 0.248 e. The van der Waals surface area contributed by atoms with Gasteiger partial charge in [-0.15, -0.1) is 0 Å². The first kappa shape index (κ1) is 16.2. The van der Waals surface area contributed by atoms with Gasteiger partial charge in [0.15, 0.2) is 0 Å². The maximum absolute atomic E-state index is 12.1. The Kier molecular flexibility index (Phi) is 5.23. The van der Waals surface area contributed by atoms with E-state index in [1.807, 2.05) is 31.2 Å². The molecule has 2 heterocycles. The molecule has 2 aromatic rings. The van der Waals surface area contributed by atoms with Crippen molar-refractivity contribution < 1.29 is 9.53 Å². The number of carbonyl (C=O) groups excluding carboxylic acids is 1. The van der Waals surface area contributed by atoms with E-state index in [4.69, 9.17) is 4.74 Å². The van der Waals surface area contributed by atoms with Gasteiger partial charge in [-0.05, 0) is 48.4 Å². The van der Waals surface area contributed by atoms with Gasteiger partial charge in [0.1, 0.15) is 0 Å². The summed E-state index contributed by atoms with van der Waals surface area (Å²) < 4.78 is 5.38. The number of ether oxygens (including phenoxy) is 1. The van der Waals surface area contributed by atoms with Gasteiger partial charge >= 0.3 is 0 Å². The molecule has 1 aromatic heterocycles. The van der Waals surface area contributed by atoms with Gasteiger partial charge in [-0.3, -0.25) is 9.78 Å². The summed E-state index contributed by atoms with van der Waals surface area (Å²) in [6.07, 6.45) is 6.69. The van der Waals surface area contributed by atoms with Crippen molar-refractivity contribution in [2.45, 2.75) is 6.92 Å². The van der Waals surface area contributed by atoms with Crippen LogP contribution >= 0.6 is 0 Å². The van der Waals surface area contributed by atoms with Crippen LogP contribution in [0.3, 0.4) is 0 Å². The molecule has 1 amide bonds. The molecule has 1 aliphatic heterocycles. The fraction of sp³-hybridized carbons (Fsp3) is 0.263. The molecule has 24 heavy (non-hydrogen) atoms. The van der Waals surface area contributed by atoms with Gasteiger partial charge in [0, 0.05) is 42.9 Å². The van der Waals surface area contributed by atoms with Gasteiger partial charge in [0.2, 0.25) is 5.91 Å². The van der Waals surface area contributed by atoms with Crippen LogP contribution in [0.4, 0.5) is 11.4 Å². The second-order valence-electron chi connectivity index (χ2n) is 5.71. The van der Waals surface area contributed by atoms with Crippen molar-refractivity contribution in [3.05, 3.63) is 59.9 Å². The molecule has 0 atom stereocenters. The van der Waals surface area contributed by atoms with Gasteiger partial charge in [0.05, 0.1) is 13.2 Å². The molecule has 0 spiro atoms. The summed E-state index contributed by atoms with van der Waals surface area (Å²) in [6, 6.07) is 9.84. The quantitative estimate of drug-likeness (QED) is 0.879. The number of rotatable bonds is 4. The first-order valence-corrected chi connectivity index (χ1v) is 8.05. The molecule has 1 aromatic carbocycles. The topological polar surface area (TPSA) is 54.5 Å². The van der Waals surface area contributed by atoms with E-state index in [-0.39, 0.29) is 5.91 Å². The lowest BCUT2D eigenvalue weighted by Crippen LogP contribution is -2.36. The molecule has 1 N–H and O–H groups in total. The number of benzene rings is 1. The summed E-state index contributed by atoms with van der Waals surface area (Å²) in [4.78, 5) is 18.4. The predicted molar refractivity (Wildman–Crippen MR) is 96.1 cm³/mol. The van der Waals surface area contributed by atoms with E-state index in [9.17, 15) is 4.79 Å². The lowest BCUT2D eigenvalue weighted by atomic mass is 10.1. The maximum atomic E-state index is 12.1. The number of nitrogens with one attached hydrogen (secondary N) is 1. The summed E-state index contributed by atoms with van der Waals surface area (Å²) in [6.45, 7) is 5.33. The van der Waals surface area contributed by atoms with Crippen molar-refractivity contribution >= 4 is 23.4 Å². The Hall–Kier alpha value is -2.66. The second kappa shape index (κ2) is 7.75. The zero-order valence-electron chi connectivity index (χ0n) is 13.7. The molecule has 0 saturated carbocycles. The lowest BCUT2D eigenvalue weighted by Gasteiger charge is -2.29. The van der Waals surface area contributed by atoms with E-state index in [2.05, 4.69) is 21.3 Å². The van der Waals surface area contributed by atoms with Crippen LogP contribution in [0.2, 0.25) is 0 Å². The number of carbonyl (C=O) groups is 1. The molecule has 1 aliphatic rings. The van der Waals surface area contributed by atoms with Crippen LogP contribution in [0.5, 0.6) is 0 Å². The molecule has 3 rings (SSSR count). The average molecular weight is 323 g/mol. The third-order valence-corrected chi connectivity index (χ3v) is 3.96. The fourth-order valence-electron chi connectivity index (χ4n) is 2.63. The van der Waals surface area contributed by atoms with Gasteiger partial charge in [-0.25, -0.2) is 0 Å². The van der Waals surface area contributed by atoms with Crippen molar-refractivity contribution in [2.75, 3.05) is 36.5 Å². The van der Waals surface area contributed by atoms with Crippen LogP contribution in [0.15, 0.2) is 48.8 Å². The monoisotopic (exact) mass is 323 g/mol. The zero-order chi connectivity index (χ0) is 16.8. The molecular formula is C19H21N3O2. The minimum atomic E-state index is -0.152. The summed E-state index contributed by atoms with van der Waals surface area (Å²) in [7, 11) is 0. The molecule has 0 aliphatic carbocycles. The molecule has 124 valence electrons. The highest BCUT2D eigenvalue weighted by atomic mass is 16.5. The molecule has 0 bridgehead atoms. The Morgan fingerprint density at radius 1 is 1.29 bits per heavy atom. The minimum absolute atomic E-state index is 0.152. The van der Waals surface area contributed by atoms with Gasteiger partial charge in [-0.1, -0.05) is 6.07 Å². The van der Waals surface area contributed by atoms with Crippen LogP contribution in [-0.4, -0.2) is 37.2 Å². The molecular weight excluding hydrogens is 302 g/mol. The number of amides is 1. The molecule has 1 saturated heterocycles. The van der Waals surface area contributed by atoms with Gasteiger partial charge < -0.3 is 15.0 Å². The van der Waals surface area contributed by atoms with Crippen molar-refractivity contribution in [3.63, 3.8) is 0 Å². The number of aryl methyl sites for hydroxylation is 1. The molecule has 5 nitrogen and oxygen atoms in total. The Balaban J connectivity index is 1.64. The Morgan fingerprint density at radius 3 is 2.83 bits per heavy atom. The highest BCUT2D eigenvalue weighted by Gasteiger charge is 2.12. The minimum Gasteiger partial charge on any atom is -0.378 e. The number of pyridine rings is 1. The van der Waals surface area contributed by atoms with E-state index in [1.165, 1.54) is 11.8 Å². The highest BCUT2D eigenvalue weighted by molar-refractivity contribution is 6.02. The average Bonchev–Trinajstić information content (AvgIpc) is 2.63. The maximum Gasteiger partial charge on any atom is 0.248 e. The number of morpholine rings is 1. The summed E-state index contributed by atoms with van der Waals surface area (Å²) in [5, 5.41) is 2.92. The second-order valence-corrected chi connectivity index (χ2v) is 5.71. The Labute approximate surface area is 142 Å². The first-order valence-electron chi connectivity index (χ1n) is 8.05. The van der Waals surface area contributed by atoms with E-state index in [0.29, 0.717) is 0 Å². The van der Waals surface area contributed by atoms with E-state index in [0.717, 1.165) is 43.1 Å². The van der Waals surface area contributed by atoms with Crippen LogP contribution in [0.1, 0.15) is 11.1 Å². The summed E-state index contributed by atoms with van der Waals surface area (Å²) in [5.74, 6) is -0.152. The summed E-state index contributed by atoms with van der Waals surface area (Å²) >= 11 is 0. The van der Waals surface area contributed by atoms with E-state index in [1.54, 1.807) is 18.5 Å². The number of aromatic nitrogens is 1. The normalized spacial score (nSPS) is 14.8. The molecule has 1 fully saturated rings. The zero-order valence-corrected chi connectivity index (χ0v) is 13.7. The SMILES string of the molecule is Cc1cc(N2CCOCC2)ccc1NC(=O)C=Cc1cccnc1. The van der Waals surface area contributed by atoms with Crippen LogP contribution < -0.4 is 10.2 Å². The van der Waals surface area contributed by atoms with Crippen molar-refractivity contribution in [1.29, 1.82) is 0 Å². The number of hydrogen-bond donors (Lipinski definition) is 1. The Bertz CT molecular complexity index is 723. The number of hydrogen-bond acceptors (Lipinski definition) is 4. The van der Waals surface area contributed by atoms with Gasteiger partial charge in [0.25, 0.3) is 0 Å². The predicted octanol–water partition coefficient (Wildman–Crippen LogP) is 2.88. The molecule has 5 heteroatoms. The van der Waals surface area contributed by atoms with E-state index >= 15 is 0 Å². The van der Waals surface area contributed by atoms with E-state index < -0.39 is 0 Å². The molecule has 0 unspecified atom stereocenters. The Morgan fingerprint density at radius 2 is 2.12 bits per heavy atom. The molecule has 0 radical (unpaired) electrons. The van der Waals surface area contributed by atoms with Crippen molar-refractivity contribution in [2.24, 2.45) is 0 Å². The highest BCUT2D eigenvalue weighted by Crippen LogP contribution is 2.23. The third-order valence-electron chi connectivity index (χ3n) is 3.96. The van der Waals surface area contributed by atoms with Crippen molar-refractivity contribution in [3.8, 4) is 0 Å². The van der Waals surface area contributed by atoms with Crippen LogP contribution in [-0.2, 0) is 9.53 Å². The summed E-state index contributed by atoms with van der Waals surface area (Å²) in [5.41, 5.74) is 3.93. The fourth-order valence-corrected chi connectivity index (χ4v) is 2.63.